The first-order chi connectivity index (χ1) is 12.1. The molecule has 0 saturated carbocycles. The van der Waals surface area contributed by atoms with Crippen LogP contribution in [0.3, 0.4) is 0 Å². The van der Waals surface area contributed by atoms with Crippen LogP contribution in [0.15, 0.2) is 53.8 Å². The molecule has 0 saturated heterocycles. The average Bonchev–Trinajstić information content (AvgIpc) is 2.62. The largest absolute Gasteiger partial charge is 0.507 e. The lowest BCUT2D eigenvalue weighted by atomic mass is 9.98. The number of phenolic OH excluding ortho intramolecular Hbond substituents is 1. The molecule has 0 bridgehead atoms. The Morgan fingerprint density at radius 3 is 2.56 bits per heavy atom. The summed E-state index contributed by atoms with van der Waals surface area (Å²) in [6, 6.07) is 10.7. The highest BCUT2D eigenvalue weighted by molar-refractivity contribution is 5.91. The van der Waals surface area contributed by atoms with Gasteiger partial charge in [-0.15, -0.1) is 5.73 Å². The van der Waals surface area contributed by atoms with Gasteiger partial charge < -0.3 is 25.2 Å². The van der Waals surface area contributed by atoms with Gasteiger partial charge in [-0.25, -0.2) is 0 Å². The van der Waals surface area contributed by atoms with E-state index in [9.17, 15) is 15.3 Å². The zero-order valence-electron chi connectivity index (χ0n) is 14.2. The zero-order valence-corrected chi connectivity index (χ0v) is 14.2. The third kappa shape index (κ3) is 5.16. The molecular weight excluding hydrogens is 320 g/mol. The normalized spacial score (nSPS) is 13.3. The molecule has 0 aliphatic heterocycles. The topological polar surface area (TPSA) is 90.2 Å². The Hall–Kier alpha value is -2.14. The molecule has 5 heteroatoms. The van der Waals surface area contributed by atoms with Crippen molar-refractivity contribution in [2.75, 3.05) is 20.3 Å². The monoisotopic (exact) mass is 344 g/mol. The van der Waals surface area contributed by atoms with E-state index in [-0.39, 0.29) is 18.8 Å². The first kappa shape index (κ1) is 19.2. The number of benzene rings is 2. The molecule has 0 spiro atoms. The smallest absolute Gasteiger partial charge is 0.123 e. The fourth-order valence-electron chi connectivity index (χ4n) is 2.72. The van der Waals surface area contributed by atoms with Gasteiger partial charge in [-0.1, -0.05) is 30.3 Å². The summed E-state index contributed by atoms with van der Waals surface area (Å²) in [7, 11) is 1.55. The summed E-state index contributed by atoms with van der Waals surface area (Å²) < 4.78 is 5.06. The molecule has 2 aromatic rings. The minimum absolute atomic E-state index is 0.183. The molecule has 0 amide bonds. The third-order valence-corrected chi connectivity index (χ3v) is 3.95. The van der Waals surface area contributed by atoms with E-state index in [4.69, 9.17) is 9.84 Å². The molecule has 0 heterocycles. The van der Waals surface area contributed by atoms with Gasteiger partial charge in [0, 0.05) is 25.3 Å². The van der Waals surface area contributed by atoms with Crippen molar-refractivity contribution in [1.29, 1.82) is 0 Å². The van der Waals surface area contributed by atoms with Gasteiger partial charge in [-0.05, 0) is 28.7 Å². The van der Waals surface area contributed by atoms with Crippen molar-refractivity contribution in [1.82, 2.24) is 0 Å². The molecule has 0 unspecified atom stereocenters. The number of aliphatic hydroxyl groups excluding tert-OH is 3. The maximum atomic E-state index is 10.5. The van der Waals surface area contributed by atoms with Crippen molar-refractivity contribution < 1.29 is 25.2 Å². The number of rotatable bonds is 8. The summed E-state index contributed by atoms with van der Waals surface area (Å²) in [5, 5.41) is 40.4. The molecular formula is C20H24O5. The quantitative estimate of drug-likeness (QED) is 0.552. The van der Waals surface area contributed by atoms with Crippen molar-refractivity contribution in [2.24, 2.45) is 0 Å². The van der Waals surface area contributed by atoms with Crippen LogP contribution in [0.5, 0.6) is 5.75 Å². The SMILES string of the molecule is COCC(=C=CC[C@@H](O)c1ccc(O)c2ccccc12)C[C@@H](O)CO. The summed E-state index contributed by atoms with van der Waals surface area (Å²) in [6.45, 7) is -0.0250. The lowest BCUT2D eigenvalue weighted by molar-refractivity contribution is 0.0914. The Labute approximate surface area is 147 Å². The number of phenols is 1. The zero-order chi connectivity index (χ0) is 18.2. The van der Waals surface area contributed by atoms with Gasteiger partial charge in [-0.2, -0.15) is 0 Å². The number of ether oxygens (including phenoxy) is 1. The van der Waals surface area contributed by atoms with Gasteiger partial charge in [-0.3, -0.25) is 0 Å². The van der Waals surface area contributed by atoms with E-state index in [0.717, 1.165) is 10.9 Å². The number of methoxy groups -OCH3 is 1. The summed E-state index contributed by atoms with van der Waals surface area (Å²) in [6.07, 6.45) is 0.697. The van der Waals surface area contributed by atoms with Crippen molar-refractivity contribution in [3.63, 3.8) is 0 Å². The Balaban J connectivity index is 2.20. The Bertz CT molecular complexity index is 762. The number of aromatic hydroxyl groups is 1. The molecule has 0 fully saturated rings. The summed E-state index contributed by atoms with van der Waals surface area (Å²) in [5.41, 5.74) is 4.48. The van der Waals surface area contributed by atoms with Gasteiger partial charge in [0.25, 0.3) is 0 Å². The Morgan fingerprint density at radius 1 is 1.16 bits per heavy atom. The van der Waals surface area contributed by atoms with E-state index in [0.29, 0.717) is 24.0 Å². The van der Waals surface area contributed by atoms with Gasteiger partial charge in [0.05, 0.1) is 25.4 Å². The highest BCUT2D eigenvalue weighted by atomic mass is 16.5. The lowest BCUT2D eigenvalue weighted by Crippen LogP contribution is -2.14. The van der Waals surface area contributed by atoms with Crippen LogP contribution in [0, 0.1) is 0 Å². The first-order valence-corrected chi connectivity index (χ1v) is 8.16. The number of hydrogen-bond donors (Lipinski definition) is 4. The minimum atomic E-state index is -0.850. The number of fused-ring (bicyclic) bond motifs is 1. The second-order valence-electron chi connectivity index (χ2n) is 5.90. The molecule has 134 valence electrons. The molecule has 0 radical (unpaired) electrons. The maximum absolute atomic E-state index is 10.5. The van der Waals surface area contributed by atoms with Crippen molar-refractivity contribution in [2.45, 2.75) is 25.0 Å². The fourth-order valence-corrected chi connectivity index (χ4v) is 2.72. The summed E-state index contributed by atoms with van der Waals surface area (Å²) in [4.78, 5) is 0. The van der Waals surface area contributed by atoms with Gasteiger partial charge in [0.1, 0.15) is 5.75 Å². The fraction of sp³-hybridized carbons (Fsp3) is 0.350. The molecule has 0 aromatic heterocycles. The second kappa shape index (κ2) is 9.37. The molecule has 2 aromatic carbocycles. The van der Waals surface area contributed by atoms with Crippen LogP contribution in [-0.2, 0) is 4.74 Å². The molecule has 2 atom stereocenters. The van der Waals surface area contributed by atoms with E-state index >= 15 is 0 Å². The Morgan fingerprint density at radius 2 is 1.88 bits per heavy atom. The second-order valence-corrected chi connectivity index (χ2v) is 5.90. The van der Waals surface area contributed by atoms with E-state index < -0.39 is 12.2 Å². The molecule has 25 heavy (non-hydrogen) atoms. The lowest BCUT2D eigenvalue weighted by Gasteiger charge is -2.13. The standard InChI is InChI=1S/C20H24O5/c1-25-13-14(11-15(22)12-21)5-4-8-19(23)18-9-10-20(24)17-7-3-2-6-16(17)18/h2-4,6-7,9-10,15,19,21-24H,8,11-13H2,1H3/t5?,15-,19-/m1/s1. The van der Waals surface area contributed by atoms with E-state index in [1.165, 1.54) is 0 Å². The van der Waals surface area contributed by atoms with Crippen LogP contribution in [-0.4, -0.2) is 46.9 Å². The van der Waals surface area contributed by atoms with Crippen molar-refractivity contribution in [3.8, 4) is 5.75 Å². The average molecular weight is 344 g/mol. The van der Waals surface area contributed by atoms with Gasteiger partial charge in [0.2, 0.25) is 0 Å². The maximum Gasteiger partial charge on any atom is 0.123 e. The van der Waals surface area contributed by atoms with Gasteiger partial charge >= 0.3 is 0 Å². The summed E-state index contributed by atoms with van der Waals surface area (Å²) >= 11 is 0. The van der Waals surface area contributed by atoms with Crippen LogP contribution < -0.4 is 0 Å². The third-order valence-electron chi connectivity index (χ3n) is 3.95. The van der Waals surface area contributed by atoms with Crippen LogP contribution in [0.1, 0.15) is 24.5 Å². The number of aliphatic hydroxyl groups is 3. The van der Waals surface area contributed by atoms with Crippen LogP contribution in [0.2, 0.25) is 0 Å². The highest BCUT2D eigenvalue weighted by Crippen LogP contribution is 2.32. The highest BCUT2D eigenvalue weighted by Gasteiger charge is 2.12. The van der Waals surface area contributed by atoms with Crippen molar-refractivity contribution in [3.05, 3.63) is 59.3 Å². The number of hydrogen-bond acceptors (Lipinski definition) is 5. The van der Waals surface area contributed by atoms with E-state index in [2.05, 4.69) is 5.73 Å². The predicted octanol–water partition coefficient (Wildman–Crippen LogP) is 2.44. The van der Waals surface area contributed by atoms with E-state index in [1.54, 1.807) is 25.3 Å². The van der Waals surface area contributed by atoms with E-state index in [1.807, 2.05) is 24.3 Å². The first-order valence-electron chi connectivity index (χ1n) is 8.16. The molecule has 0 aliphatic carbocycles. The molecule has 2 rings (SSSR count). The molecule has 5 nitrogen and oxygen atoms in total. The van der Waals surface area contributed by atoms with Crippen LogP contribution in [0.25, 0.3) is 10.8 Å². The minimum Gasteiger partial charge on any atom is -0.507 e. The van der Waals surface area contributed by atoms with Crippen LogP contribution >= 0.6 is 0 Å². The van der Waals surface area contributed by atoms with Gasteiger partial charge in [0.15, 0.2) is 0 Å². The molecule has 4 N–H and O–H groups in total. The predicted molar refractivity (Wildman–Crippen MR) is 96.4 cm³/mol. The van der Waals surface area contributed by atoms with Crippen molar-refractivity contribution >= 4 is 10.8 Å². The van der Waals surface area contributed by atoms with Crippen LogP contribution in [0.4, 0.5) is 0 Å². The Kier molecular flexibility index (Phi) is 7.19. The summed E-state index contributed by atoms with van der Waals surface area (Å²) in [5.74, 6) is 0.183. The molecule has 0 aliphatic rings.